The Labute approximate surface area is 96.7 Å². The topological polar surface area (TPSA) is 63.2 Å². The van der Waals surface area contributed by atoms with Gasteiger partial charge in [0.05, 0.1) is 16.5 Å². The summed E-state index contributed by atoms with van der Waals surface area (Å²) in [5.41, 5.74) is -0.457. The lowest BCUT2D eigenvalue weighted by molar-refractivity contribution is -0.121. The summed E-state index contributed by atoms with van der Waals surface area (Å²) in [6.45, 7) is 1.47. The lowest BCUT2D eigenvalue weighted by atomic mass is 9.78. The van der Waals surface area contributed by atoms with E-state index in [0.29, 0.717) is 12.2 Å². The van der Waals surface area contributed by atoms with E-state index in [2.05, 4.69) is 5.32 Å². The summed E-state index contributed by atoms with van der Waals surface area (Å²) >= 11 is 0. The van der Waals surface area contributed by atoms with Gasteiger partial charge in [0.15, 0.2) is 9.84 Å². The van der Waals surface area contributed by atoms with Gasteiger partial charge in [-0.15, -0.1) is 0 Å². The van der Waals surface area contributed by atoms with E-state index in [1.165, 1.54) is 6.92 Å². The van der Waals surface area contributed by atoms with Crippen molar-refractivity contribution in [2.24, 2.45) is 0 Å². The minimum Gasteiger partial charge on any atom is -0.350 e. The molecule has 2 aliphatic rings. The van der Waals surface area contributed by atoms with Gasteiger partial charge in [0.25, 0.3) is 0 Å². The van der Waals surface area contributed by atoms with E-state index in [0.717, 1.165) is 32.1 Å². The molecular weight excluding hydrogens is 226 g/mol. The summed E-state index contributed by atoms with van der Waals surface area (Å²) in [6, 6.07) is 0. The summed E-state index contributed by atoms with van der Waals surface area (Å²) < 4.78 is 23.5. The van der Waals surface area contributed by atoms with Crippen molar-refractivity contribution in [2.75, 3.05) is 5.75 Å². The van der Waals surface area contributed by atoms with Crippen LogP contribution in [0.4, 0.5) is 0 Å². The van der Waals surface area contributed by atoms with E-state index >= 15 is 0 Å². The average Bonchev–Trinajstić information content (AvgIpc) is 2.16. The predicted molar refractivity (Wildman–Crippen MR) is 61.8 cm³/mol. The highest BCUT2D eigenvalue weighted by atomic mass is 32.2. The van der Waals surface area contributed by atoms with E-state index in [-0.39, 0.29) is 11.2 Å². The molecule has 0 spiro atoms. The molecule has 0 aromatic carbocycles. The third-order valence-corrected chi connectivity index (χ3v) is 6.24. The average molecular weight is 245 g/mol. The second-order valence-electron chi connectivity index (χ2n) is 5.04. The Kier molecular flexibility index (Phi) is 2.99. The molecule has 1 aliphatic carbocycles. The van der Waals surface area contributed by atoms with Crippen LogP contribution in [-0.4, -0.2) is 30.9 Å². The highest BCUT2D eigenvalue weighted by Crippen LogP contribution is 2.40. The molecular formula is C11H19NO3S. The first kappa shape index (κ1) is 11.9. The maximum absolute atomic E-state index is 11.8. The van der Waals surface area contributed by atoms with E-state index in [1.807, 2.05) is 0 Å². The first-order chi connectivity index (χ1) is 7.46. The summed E-state index contributed by atoms with van der Waals surface area (Å²) in [5.74, 6) is 0.183. The van der Waals surface area contributed by atoms with Gasteiger partial charge in [0.2, 0.25) is 5.91 Å². The van der Waals surface area contributed by atoms with Crippen molar-refractivity contribution in [3.05, 3.63) is 0 Å². The van der Waals surface area contributed by atoms with Crippen LogP contribution in [-0.2, 0) is 14.6 Å². The van der Waals surface area contributed by atoms with Crippen LogP contribution < -0.4 is 5.32 Å². The van der Waals surface area contributed by atoms with Gasteiger partial charge in [0, 0.05) is 6.92 Å². The van der Waals surface area contributed by atoms with Gasteiger partial charge in [-0.2, -0.15) is 0 Å². The second-order valence-corrected chi connectivity index (χ2v) is 7.35. The predicted octanol–water partition coefficient (Wildman–Crippen LogP) is 1.01. The molecule has 0 bridgehead atoms. The Hall–Kier alpha value is -0.580. The number of hydrogen-bond donors (Lipinski definition) is 1. The molecule has 0 aromatic rings. The standard InChI is InChI=1S/C11H19NO3S/c1-9(13)12-11(6-3-2-4-7-11)10-5-8-16(10,14)15/h10H,2-8H2,1H3,(H,12,13)/t10-/m1/s1. The summed E-state index contributed by atoms with van der Waals surface area (Å²) in [7, 11) is -2.94. The molecule has 1 atom stereocenters. The molecule has 1 N–H and O–H groups in total. The monoisotopic (exact) mass is 245 g/mol. The smallest absolute Gasteiger partial charge is 0.217 e. The number of carbonyl (C=O) groups is 1. The molecule has 1 aliphatic heterocycles. The zero-order chi connectivity index (χ0) is 11.8. The van der Waals surface area contributed by atoms with Gasteiger partial charge in [-0.25, -0.2) is 8.42 Å². The second kappa shape index (κ2) is 4.02. The number of rotatable bonds is 2. The lowest BCUT2D eigenvalue weighted by Crippen LogP contribution is -2.63. The number of nitrogens with one attached hydrogen (secondary N) is 1. The van der Waals surface area contributed by atoms with Crippen molar-refractivity contribution in [2.45, 2.75) is 56.2 Å². The summed E-state index contributed by atoms with van der Waals surface area (Å²) in [5, 5.41) is 2.61. The molecule has 0 unspecified atom stereocenters. The lowest BCUT2D eigenvalue weighted by Gasteiger charge is -2.47. The Bertz CT molecular complexity index is 382. The molecule has 4 nitrogen and oxygen atoms in total. The molecule has 5 heteroatoms. The van der Waals surface area contributed by atoms with Crippen LogP contribution in [0.15, 0.2) is 0 Å². The van der Waals surface area contributed by atoms with Gasteiger partial charge in [-0.3, -0.25) is 4.79 Å². The van der Waals surface area contributed by atoms with Gasteiger partial charge in [0.1, 0.15) is 0 Å². The van der Waals surface area contributed by atoms with Crippen LogP contribution in [0.3, 0.4) is 0 Å². The highest BCUT2D eigenvalue weighted by molar-refractivity contribution is 7.93. The van der Waals surface area contributed by atoms with Crippen molar-refractivity contribution in [1.82, 2.24) is 5.32 Å². The maximum atomic E-state index is 11.8. The molecule has 0 radical (unpaired) electrons. The number of carbonyl (C=O) groups excluding carboxylic acids is 1. The highest BCUT2D eigenvalue weighted by Gasteiger charge is 2.52. The molecule has 1 saturated heterocycles. The molecule has 92 valence electrons. The molecule has 2 fully saturated rings. The Morgan fingerprint density at radius 3 is 2.25 bits per heavy atom. The van der Waals surface area contributed by atoms with Crippen molar-refractivity contribution in [3.8, 4) is 0 Å². The zero-order valence-corrected chi connectivity index (χ0v) is 10.5. The van der Waals surface area contributed by atoms with Crippen LogP contribution in [0.1, 0.15) is 45.4 Å². The molecule has 0 aromatic heterocycles. The van der Waals surface area contributed by atoms with Crippen LogP contribution in [0, 0.1) is 0 Å². The van der Waals surface area contributed by atoms with Crippen LogP contribution >= 0.6 is 0 Å². The Morgan fingerprint density at radius 2 is 1.88 bits per heavy atom. The van der Waals surface area contributed by atoms with E-state index in [1.54, 1.807) is 0 Å². The van der Waals surface area contributed by atoms with Crippen molar-refractivity contribution in [1.29, 1.82) is 0 Å². The van der Waals surface area contributed by atoms with Crippen LogP contribution in [0.2, 0.25) is 0 Å². The van der Waals surface area contributed by atoms with Crippen molar-refractivity contribution >= 4 is 15.7 Å². The Balaban J connectivity index is 2.23. The zero-order valence-electron chi connectivity index (χ0n) is 9.66. The number of amides is 1. The van der Waals surface area contributed by atoms with E-state index in [4.69, 9.17) is 0 Å². The van der Waals surface area contributed by atoms with Gasteiger partial charge in [-0.05, 0) is 19.3 Å². The van der Waals surface area contributed by atoms with Crippen molar-refractivity contribution < 1.29 is 13.2 Å². The fourth-order valence-corrected chi connectivity index (χ4v) is 4.95. The molecule has 16 heavy (non-hydrogen) atoms. The van der Waals surface area contributed by atoms with Gasteiger partial charge >= 0.3 is 0 Å². The summed E-state index contributed by atoms with van der Waals surface area (Å²) in [6.07, 6.45) is 5.53. The van der Waals surface area contributed by atoms with E-state index < -0.39 is 15.4 Å². The molecule has 1 saturated carbocycles. The molecule has 1 heterocycles. The molecule has 1 amide bonds. The van der Waals surface area contributed by atoms with Gasteiger partial charge < -0.3 is 5.32 Å². The number of sulfone groups is 1. The SMILES string of the molecule is CC(=O)NC1([C@H]2CCS2(=O)=O)CCCCC1. The van der Waals surface area contributed by atoms with Crippen molar-refractivity contribution in [3.63, 3.8) is 0 Å². The Morgan fingerprint density at radius 1 is 1.25 bits per heavy atom. The number of hydrogen-bond acceptors (Lipinski definition) is 3. The van der Waals surface area contributed by atoms with E-state index in [9.17, 15) is 13.2 Å². The quantitative estimate of drug-likeness (QED) is 0.790. The van der Waals surface area contributed by atoms with Crippen LogP contribution in [0.5, 0.6) is 0 Å². The first-order valence-electron chi connectivity index (χ1n) is 5.97. The van der Waals surface area contributed by atoms with Gasteiger partial charge in [-0.1, -0.05) is 19.3 Å². The van der Waals surface area contributed by atoms with Crippen LogP contribution in [0.25, 0.3) is 0 Å². The normalized spacial score (nSPS) is 31.4. The fourth-order valence-electron chi connectivity index (χ4n) is 3.11. The fraction of sp³-hybridized carbons (Fsp3) is 0.909. The third kappa shape index (κ3) is 1.97. The largest absolute Gasteiger partial charge is 0.350 e. The third-order valence-electron chi connectivity index (χ3n) is 3.89. The summed E-state index contributed by atoms with van der Waals surface area (Å²) in [4.78, 5) is 11.3. The molecule has 2 rings (SSSR count). The maximum Gasteiger partial charge on any atom is 0.217 e. The minimum absolute atomic E-state index is 0.107. The first-order valence-corrected chi connectivity index (χ1v) is 7.68. The minimum atomic E-state index is -2.94.